The largest absolute Gasteiger partial charge is 0.481 e. The van der Waals surface area contributed by atoms with Crippen molar-refractivity contribution in [1.29, 1.82) is 0 Å². The molecule has 160 valence electrons. The Labute approximate surface area is 173 Å². The molecule has 0 aromatic carbocycles. The van der Waals surface area contributed by atoms with Crippen LogP contribution in [0.1, 0.15) is 71.6 Å². The van der Waals surface area contributed by atoms with Gasteiger partial charge < -0.3 is 15.3 Å². The van der Waals surface area contributed by atoms with E-state index >= 15 is 0 Å². The summed E-state index contributed by atoms with van der Waals surface area (Å²) in [6, 6.07) is 0. The summed E-state index contributed by atoms with van der Waals surface area (Å²) in [6.45, 7) is 4.31. The van der Waals surface area contributed by atoms with E-state index in [-0.39, 0.29) is 12.3 Å². The van der Waals surface area contributed by atoms with Crippen LogP contribution in [-0.2, 0) is 9.59 Å². The summed E-state index contributed by atoms with van der Waals surface area (Å²) < 4.78 is 0. The standard InChI is InChI=1S/C22H36O5S/c1-3-4-8-16(2)13-18(24)10-11-19-20(25)14-17(15-23)22(19)28-12-7-5-6-9-21(26)27/h10-11,15-16,18-20,24-25H,3-9,12-14H2,1-2H3,(H,26,27)/t16-,18-,19+,20-/m1/s1. The predicted octanol–water partition coefficient (Wildman–Crippen LogP) is 4.33. The van der Waals surface area contributed by atoms with Crippen LogP contribution in [0.2, 0.25) is 0 Å². The molecule has 1 aliphatic rings. The fourth-order valence-electron chi connectivity index (χ4n) is 3.50. The number of aldehydes is 1. The van der Waals surface area contributed by atoms with Gasteiger partial charge in [0.2, 0.25) is 0 Å². The van der Waals surface area contributed by atoms with E-state index in [2.05, 4.69) is 13.8 Å². The average Bonchev–Trinajstić information content (AvgIpc) is 2.95. The topological polar surface area (TPSA) is 94.8 Å². The lowest BCUT2D eigenvalue weighted by molar-refractivity contribution is -0.137. The fraction of sp³-hybridized carbons (Fsp3) is 0.727. The minimum Gasteiger partial charge on any atom is -0.481 e. The van der Waals surface area contributed by atoms with E-state index in [0.29, 0.717) is 30.8 Å². The van der Waals surface area contributed by atoms with Gasteiger partial charge in [0.05, 0.1) is 12.2 Å². The average molecular weight is 413 g/mol. The lowest BCUT2D eigenvalue weighted by atomic mass is 9.96. The molecule has 0 radical (unpaired) electrons. The molecule has 0 spiro atoms. The Morgan fingerprint density at radius 1 is 1.29 bits per heavy atom. The molecule has 0 saturated heterocycles. The molecule has 28 heavy (non-hydrogen) atoms. The second kappa shape index (κ2) is 14.0. The number of carbonyl (C=O) groups is 2. The lowest BCUT2D eigenvalue weighted by Crippen LogP contribution is -2.15. The zero-order valence-electron chi connectivity index (χ0n) is 17.2. The van der Waals surface area contributed by atoms with Crippen molar-refractivity contribution >= 4 is 24.0 Å². The van der Waals surface area contributed by atoms with Gasteiger partial charge in [0.1, 0.15) is 6.29 Å². The number of aliphatic hydroxyl groups excluding tert-OH is 2. The maximum Gasteiger partial charge on any atom is 0.303 e. The van der Waals surface area contributed by atoms with Crippen molar-refractivity contribution in [2.75, 3.05) is 5.75 Å². The van der Waals surface area contributed by atoms with Gasteiger partial charge in [-0.1, -0.05) is 51.7 Å². The molecular formula is C22H36O5S. The second-order valence-corrected chi connectivity index (χ2v) is 8.93. The monoisotopic (exact) mass is 412 g/mol. The van der Waals surface area contributed by atoms with Crippen LogP contribution in [0.25, 0.3) is 0 Å². The van der Waals surface area contributed by atoms with E-state index < -0.39 is 18.2 Å². The number of carboxylic acids is 1. The zero-order chi connectivity index (χ0) is 20.9. The summed E-state index contributed by atoms with van der Waals surface area (Å²) >= 11 is 1.57. The van der Waals surface area contributed by atoms with Gasteiger partial charge in [-0.15, -0.1) is 11.8 Å². The first kappa shape index (κ1) is 24.9. The van der Waals surface area contributed by atoms with E-state index in [1.807, 2.05) is 6.08 Å². The molecule has 4 atom stereocenters. The molecule has 0 aromatic rings. The highest BCUT2D eigenvalue weighted by molar-refractivity contribution is 8.03. The number of carbonyl (C=O) groups excluding carboxylic acids is 1. The SMILES string of the molecule is CCCC[C@@H](C)C[C@H](O)C=C[C@@H]1C(SCCCCCC(=O)O)=C(C=O)C[C@H]1O. The predicted molar refractivity (Wildman–Crippen MR) is 114 cm³/mol. The third-order valence-electron chi connectivity index (χ3n) is 5.13. The summed E-state index contributed by atoms with van der Waals surface area (Å²) in [5.74, 6) is 0.226. The van der Waals surface area contributed by atoms with Gasteiger partial charge in [0.25, 0.3) is 0 Å². The molecular weight excluding hydrogens is 376 g/mol. The number of unbranched alkanes of at least 4 members (excludes halogenated alkanes) is 3. The summed E-state index contributed by atoms with van der Waals surface area (Å²) in [5, 5.41) is 29.3. The van der Waals surface area contributed by atoms with Gasteiger partial charge in [-0.25, -0.2) is 0 Å². The fourth-order valence-corrected chi connectivity index (χ4v) is 4.81. The molecule has 5 nitrogen and oxygen atoms in total. The molecule has 0 saturated carbocycles. The molecule has 0 heterocycles. The van der Waals surface area contributed by atoms with Crippen molar-refractivity contribution in [3.05, 3.63) is 22.6 Å². The van der Waals surface area contributed by atoms with Crippen molar-refractivity contribution in [2.45, 2.75) is 83.8 Å². The van der Waals surface area contributed by atoms with E-state index in [9.17, 15) is 19.8 Å². The number of aliphatic carboxylic acids is 1. The summed E-state index contributed by atoms with van der Waals surface area (Å²) in [6.07, 6.45) is 10.3. The molecule has 1 aliphatic carbocycles. The first-order valence-electron chi connectivity index (χ1n) is 10.5. The first-order chi connectivity index (χ1) is 13.4. The van der Waals surface area contributed by atoms with Gasteiger partial charge >= 0.3 is 5.97 Å². The third kappa shape index (κ3) is 9.39. The van der Waals surface area contributed by atoms with Crippen LogP contribution in [0.3, 0.4) is 0 Å². The number of thioether (sulfide) groups is 1. The van der Waals surface area contributed by atoms with Crippen LogP contribution in [0, 0.1) is 11.8 Å². The number of hydrogen-bond donors (Lipinski definition) is 3. The minimum atomic E-state index is -0.773. The minimum absolute atomic E-state index is 0.186. The van der Waals surface area contributed by atoms with Crippen molar-refractivity contribution in [3.8, 4) is 0 Å². The Morgan fingerprint density at radius 2 is 2.04 bits per heavy atom. The van der Waals surface area contributed by atoms with Gasteiger partial charge in [0.15, 0.2) is 0 Å². The zero-order valence-corrected chi connectivity index (χ0v) is 18.0. The van der Waals surface area contributed by atoms with Gasteiger partial charge in [-0.05, 0) is 30.9 Å². The van der Waals surface area contributed by atoms with Gasteiger partial charge in [0, 0.05) is 29.2 Å². The van der Waals surface area contributed by atoms with Crippen LogP contribution in [0.4, 0.5) is 0 Å². The smallest absolute Gasteiger partial charge is 0.303 e. The molecule has 0 unspecified atom stereocenters. The summed E-state index contributed by atoms with van der Waals surface area (Å²) in [5.41, 5.74) is 0.642. The molecule has 0 amide bonds. The molecule has 6 heteroatoms. The molecule has 0 aromatic heterocycles. The van der Waals surface area contributed by atoms with Crippen molar-refractivity contribution < 1.29 is 24.9 Å². The molecule has 0 aliphatic heterocycles. The van der Waals surface area contributed by atoms with Crippen LogP contribution < -0.4 is 0 Å². The molecule has 0 fully saturated rings. The van der Waals surface area contributed by atoms with Crippen LogP contribution in [-0.4, -0.2) is 45.5 Å². The number of rotatable bonds is 15. The Balaban J connectivity index is 2.55. The Hall–Kier alpha value is -1.11. The van der Waals surface area contributed by atoms with Gasteiger partial charge in [-0.2, -0.15) is 0 Å². The normalized spacial score (nSPS) is 22.0. The van der Waals surface area contributed by atoms with Crippen LogP contribution >= 0.6 is 11.8 Å². The van der Waals surface area contributed by atoms with Crippen LogP contribution in [0.15, 0.2) is 22.6 Å². The molecule has 0 bridgehead atoms. The third-order valence-corrected chi connectivity index (χ3v) is 6.47. The van der Waals surface area contributed by atoms with Crippen molar-refractivity contribution in [2.24, 2.45) is 11.8 Å². The first-order valence-corrected chi connectivity index (χ1v) is 11.4. The Kier molecular flexibility index (Phi) is 12.4. The highest BCUT2D eigenvalue weighted by Crippen LogP contribution is 2.40. The van der Waals surface area contributed by atoms with E-state index in [1.165, 1.54) is 0 Å². The van der Waals surface area contributed by atoms with E-state index in [0.717, 1.165) is 49.0 Å². The maximum atomic E-state index is 11.4. The van der Waals surface area contributed by atoms with Crippen LogP contribution in [0.5, 0.6) is 0 Å². The van der Waals surface area contributed by atoms with Crippen molar-refractivity contribution in [3.63, 3.8) is 0 Å². The number of aliphatic hydroxyl groups is 2. The highest BCUT2D eigenvalue weighted by atomic mass is 32.2. The lowest BCUT2D eigenvalue weighted by Gasteiger charge is -2.17. The van der Waals surface area contributed by atoms with Gasteiger partial charge in [-0.3, -0.25) is 9.59 Å². The van der Waals surface area contributed by atoms with Crippen molar-refractivity contribution in [1.82, 2.24) is 0 Å². The van der Waals surface area contributed by atoms with E-state index in [4.69, 9.17) is 5.11 Å². The number of hydrogen-bond acceptors (Lipinski definition) is 5. The maximum absolute atomic E-state index is 11.4. The quantitative estimate of drug-likeness (QED) is 0.210. The highest BCUT2D eigenvalue weighted by Gasteiger charge is 2.32. The number of carboxylic acid groups (broad SMARTS) is 1. The summed E-state index contributed by atoms with van der Waals surface area (Å²) in [4.78, 5) is 22.8. The molecule has 1 rings (SSSR count). The Morgan fingerprint density at radius 3 is 2.68 bits per heavy atom. The molecule has 3 N–H and O–H groups in total. The summed E-state index contributed by atoms with van der Waals surface area (Å²) in [7, 11) is 0. The second-order valence-electron chi connectivity index (χ2n) is 7.79. The van der Waals surface area contributed by atoms with E-state index in [1.54, 1.807) is 17.8 Å². The Bertz CT molecular complexity index is 543.